The quantitative estimate of drug-likeness (QED) is 0.387. The lowest BCUT2D eigenvalue weighted by molar-refractivity contribution is 0.773. The van der Waals surface area contributed by atoms with Gasteiger partial charge in [-0.2, -0.15) is 5.10 Å². The van der Waals surface area contributed by atoms with E-state index in [4.69, 9.17) is 0 Å². The molecule has 1 heterocycles. The summed E-state index contributed by atoms with van der Waals surface area (Å²) in [6, 6.07) is 0. The fourth-order valence-electron chi connectivity index (χ4n) is 0.228. The Kier molecular flexibility index (Phi) is 0.463. The van der Waals surface area contributed by atoms with Crippen molar-refractivity contribution in [1.82, 2.24) is 10.7 Å². The fraction of sp³-hybridized carbons (Fsp3) is 0.500. The van der Waals surface area contributed by atoms with E-state index in [1.54, 1.807) is 6.34 Å². The standard InChI is InChI=1S/C2H5N3/c1-3-2-5-4-1/h1,5H,2H2,(H,3,4). The fourth-order valence-corrected chi connectivity index (χ4v) is 0.228. The molecule has 3 nitrogen and oxygen atoms in total. The normalized spacial score (nSPS) is 17.6. The third-order valence-electron chi connectivity index (χ3n) is 0.428. The van der Waals surface area contributed by atoms with Gasteiger partial charge in [-0.3, -0.25) is 5.43 Å². The molecule has 28 valence electrons. The van der Waals surface area contributed by atoms with E-state index >= 15 is 0 Å². The Balaban J connectivity index is 2.32. The van der Waals surface area contributed by atoms with Crippen LogP contribution in [0, 0.1) is 0 Å². The van der Waals surface area contributed by atoms with Gasteiger partial charge in [-0.1, -0.05) is 0 Å². The van der Waals surface area contributed by atoms with Gasteiger partial charge in [-0.15, -0.1) is 0 Å². The largest absolute Gasteiger partial charge is 0.356 e. The SMILES string of the molecule is C1=NNCN1. The van der Waals surface area contributed by atoms with Gasteiger partial charge in [0, 0.05) is 0 Å². The highest BCUT2D eigenvalue weighted by Crippen LogP contribution is 1.57. The van der Waals surface area contributed by atoms with Crippen LogP contribution in [0.2, 0.25) is 0 Å². The summed E-state index contributed by atoms with van der Waals surface area (Å²) in [5, 5.41) is 6.42. The van der Waals surface area contributed by atoms with Gasteiger partial charge in [0.05, 0.1) is 0 Å². The molecule has 5 heavy (non-hydrogen) atoms. The van der Waals surface area contributed by atoms with Crippen molar-refractivity contribution in [2.24, 2.45) is 5.10 Å². The zero-order chi connectivity index (χ0) is 3.54. The minimum Gasteiger partial charge on any atom is -0.356 e. The highest BCUT2D eigenvalue weighted by Gasteiger charge is 1.78. The van der Waals surface area contributed by atoms with Crippen molar-refractivity contribution >= 4 is 6.34 Å². The summed E-state index contributed by atoms with van der Waals surface area (Å²) >= 11 is 0. The van der Waals surface area contributed by atoms with E-state index in [1.807, 2.05) is 0 Å². The maximum Gasteiger partial charge on any atom is 0.110 e. The molecule has 1 rings (SSSR count). The molecule has 0 aromatic carbocycles. The van der Waals surface area contributed by atoms with Crippen LogP contribution in [0.15, 0.2) is 5.10 Å². The highest BCUT2D eigenvalue weighted by atomic mass is 15.4. The third kappa shape index (κ3) is 0.289. The number of nitrogens with zero attached hydrogens (tertiary/aromatic N) is 1. The Bertz CT molecular complexity index is 42.9. The van der Waals surface area contributed by atoms with Crippen LogP contribution in [0.5, 0.6) is 0 Å². The Labute approximate surface area is 30.1 Å². The van der Waals surface area contributed by atoms with Crippen molar-refractivity contribution in [2.45, 2.75) is 0 Å². The minimum atomic E-state index is 0.778. The second kappa shape index (κ2) is 0.924. The van der Waals surface area contributed by atoms with Crippen LogP contribution in [0.4, 0.5) is 0 Å². The molecule has 0 aliphatic carbocycles. The summed E-state index contributed by atoms with van der Waals surface area (Å²) in [6.07, 6.45) is 1.62. The van der Waals surface area contributed by atoms with Crippen molar-refractivity contribution in [3.05, 3.63) is 0 Å². The van der Waals surface area contributed by atoms with Gasteiger partial charge in [0.2, 0.25) is 0 Å². The molecule has 0 saturated heterocycles. The second-order valence-electron chi connectivity index (χ2n) is 0.797. The number of hydrazone groups is 1. The molecule has 0 saturated carbocycles. The van der Waals surface area contributed by atoms with Crippen LogP contribution in [0.1, 0.15) is 0 Å². The van der Waals surface area contributed by atoms with Gasteiger partial charge in [-0.25, -0.2) is 0 Å². The summed E-state index contributed by atoms with van der Waals surface area (Å²) in [5.41, 5.74) is 2.68. The average Bonchev–Trinajstić information content (AvgIpc) is 1.76. The molecule has 0 fully saturated rings. The molecule has 0 aromatic heterocycles. The molecule has 3 heteroatoms. The summed E-state index contributed by atoms with van der Waals surface area (Å²) in [5.74, 6) is 0. The van der Waals surface area contributed by atoms with Crippen LogP contribution < -0.4 is 10.7 Å². The van der Waals surface area contributed by atoms with Crippen molar-refractivity contribution in [3.8, 4) is 0 Å². The Hall–Kier alpha value is -0.730. The van der Waals surface area contributed by atoms with E-state index in [1.165, 1.54) is 0 Å². The first-order chi connectivity index (χ1) is 2.50. The average molecular weight is 71.1 g/mol. The lowest BCUT2D eigenvalue weighted by Gasteiger charge is -1.79. The number of hydrogen-bond acceptors (Lipinski definition) is 3. The maximum atomic E-state index is 3.60. The number of nitrogens with one attached hydrogen (secondary N) is 2. The van der Waals surface area contributed by atoms with Crippen LogP contribution >= 0.6 is 0 Å². The molecule has 1 aliphatic rings. The minimum absolute atomic E-state index is 0.778. The lowest BCUT2D eigenvalue weighted by Crippen LogP contribution is -2.12. The van der Waals surface area contributed by atoms with E-state index in [0.29, 0.717) is 0 Å². The predicted octanol–water partition coefficient (Wildman–Crippen LogP) is -0.920. The lowest BCUT2D eigenvalue weighted by atomic mass is 11.1. The number of hydrogen-bond donors (Lipinski definition) is 2. The zero-order valence-electron chi connectivity index (χ0n) is 2.73. The molecule has 0 bridgehead atoms. The summed E-state index contributed by atoms with van der Waals surface area (Å²) in [6.45, 7) is 0.778. The van der Waals surface area contributed by atoms with Crippen molar-refractivity contribution in [1.29, 1.82) is 0 Å². The topological polar surface area (TPSA) is 36.4 Å². The van der Waals surface area contributed by atoms with Crippen molar-refractivity contribution in [3.63, 3.8) is 0 Å². The van der Waals surface area contributed by atoms with Crippen LogP contribution in [0.25, 0.3) is 0 Å². The molecule has 0 amide bonds. The summed E-state index contributed by atoms with van der Waals surface area (Å²) in [7, 11) is 0. The Morgan fingerprint density at radius 3 is 3.00 bits per heavy atom. The molecule has 0 aromatic rings. The van der Waals surface area contributed by atoms with Gasteiger partial charge in [0.25, 0.3) is 0 Å². The smallest absolute Gasteiger partial charge is 0.110 e. The van der Waals surface area contributed by atoms with E-state index < -0.39 is 0 Å². The molecular formula is C2H5N3. The molecule has 0 unspecified atom stereocenters. The molecule has 2 N–H and O–H groups in total. The van der Waals surface area contributed by atoms with Crippen LogP contribution in [-0.2, 0) is 0 Å². The first-order valence-corrected chi connectivity index (χ1v) is 1.48. The van der Waals surface area contributed by atoms with Gasteiger partial charge >= 0.3 is 0 Å². The van der Waals surface area contributed by atoms with E-state index in [-0.39, 0.29) is 0 Å². The van der Waals surface area contributed by atoms with Gasteiger partial charge in [0.15, 0.2) is 0 Å². The van der Waals surface area contributed by atoms with E-state index in [9.17, 15) is 0 Å². The first kappa shape index (κ1) is 2.50. The Morgan fingerprint density at radius 2 is 2.80 bits per heavy atom. The first-order valence-electron chi connectivity index (χ1n) is 1.48. The second-order valence-corrected chi connectivity index (χ2v) is 0.797. The van der Waals surface area contributed by atoms with Crippen LogP contribution in [0.3, 0.4) is 0 Å². The third-order valence-corrected chi connectivity index (χ3v) is 0.428. The van der Waals surface area contributed by atoms with Crippen molar-refractivity contribution in [2.75, 3.05) is 6.67 Å². The summed E-state index contributed by atoms with van der Waals surface area (Å²) < 4.78 is 0. The number of rotatable bonds is 0. The van der Waals surface area contributed by atoms with Crippen molar-refractivity contribution < 1.29 is 0 Å². The van der Waals surface area contributed by atoms with Gasteiger partial charge in [-0.05, 0) is 0 Å². The molecule has 1 aliphatic heterocycles. The predicted molar refractivity (Wildman–Crippen MR) is 19.6 cm³/mol. The molecule has 0 radical (unpaired) electrons. The molecule has 0 spiro atoms. The van der Waals surface area contributed by atoms with E-state index in [0.717, 1.165) is 6.67 Å². The molecule has 0 atom stereocenters. The van der Waals surface area contributed by atoms with E-state index in [2.05, 4.69) is 15.8 Å². The Morgan fingerprint density at radius 1 is 1.80 bits per heavy atom. The maximum absolute atomic E-state index is 3.60. The zero-order valence-corrected chi connectivity index (χ0v) is 2.73. The van der Waals surface area contributed by atoms with Crippen LogP contribution in [-0.4, -0.2) is 13.0 Å². The molecular weight excluding hydrogens is 66.0 g/mol. The summed E-state index contributed by atoms with van der Waals surface area (Å²) in [4.78, 5) is 0. The van der Waals surface area contributed by atoms with Gasteiger partial charge in [0.1, 0.15) is 13.0 Å². The highest BCUT2D eigenvalue weighted by molar-refractivity contribution is 5.55. The monoisotopic (exact) mass is 71.0 g/mol. The van der Waals surface area contributed by atoms with Gasteiger partial charge < -0.3 is 5.32 Å².